The van der Waals surface area contributed by atoms with Crippen molar-refractivity contribution in [3.05, 3.63) is 5.82 Å². The van der Waals surface area contributed by atoms with Crippen molar-refractivity contribution in [2.24, 2.45) is 0 Å². The van der Waals surface area contributed by atoms with Gasteiger partial charge in [0.25, 0.3) is 0 Å². The van der Waals surface area contributed by atoms with Crippen molar-refractivity contribution in [2.75, 3.05) is 11.1 Å². The van der Waals surface area contributed by atoms with Gasteiger partial charge in [-0.05, 0) is 25.0 Å². The monoisotopic (exact) mass is 297 g/mol. The summed E-state index contributed by atoms with van der Waals surface area (Å²) in [6, 6.07) is 0.225. The molecule has 18 heavy (non-hydrogen) atoms. The smallest absolute Gasteiger partial charge is 0.358 e. The standard InChI is InChI=1S/C10H14F3N3S2/c1-2-17-7-4-3-6(5-7)14-9-15-8(16-18-9)10(11,12)13/h6-7H,2-5H2,1H3,(H,14,15,16). The van der Waals surface area contributed by atoms with Gasteiger partial charge in [0.15, 0.2) is 0 Å². The largest absolute Gasteiger partial charge is 0.452 e. The molecule has 8 heteroatoms. The van der Waals surface area contributed by atoms with E-state index in [-0.39, 0.29) is 11.2 Å². The van der Waals surface area contributed by atoms with Crippen molar-refractivity contribution >= 4 is 28.4 Å². The average molecular weight is 297 g/mol. The van der Waals surface area contributed by atoms with E-state index in [2.05, 4.69) is 21.6 Å². The van der Waals surface area contributed by atoms with Crippen LogP contribution in [-0.2, 0) is 6.18 Å². The number of halogens is 3. The molecule has 0 spiro atoms. The molecule has 0 amide bonds. The lowest BCUT2D eigenvalue weighted by atomic mass is 10.3. The lowest BCUT2D eigenvalue weighted by Gasteiger charge is -2.11. The molecule has 1 heterocycles. The highest BCUT2D eigenvalue weighted by molar-refractivity contribution is 7.99. The van der Waals surface area contributed by atoms with Crippen LogP contribution in [0.3, 0.4) is 0 Å². The summed E-state index contributed by atoms with van der Waals surface area (Å²) in [6.45, 7) is 2.12. The van der Waals surface area contributed by atoms with E-state index in [1.54, 1.807) is 0 Å². The van der Waals surface area contributed by atoms with E-state index < -0.39 is 12.0 Å². The van der Waals surface area contributed by atoms with E-state index in [9.17, 15) is 13.2 Å². The molecule has 1 saturated carbocycles. The zero-order chi connectivity index (χ0) is 13.2. The minimum Gasteiger partial charge on any atom is -0.358 e. The first-order chi connectivity index (χ1) is 8.49. The Morgan fingerprint density at radius 1 is 1.44 bits per heavy atom. The van der Waals surface area contributed by atoms with Crippen LogP contribution in [0.4, 0.5) is 18.3 Å². The van der Waals surface area contributed by atoms with Gasteiger partial charge in [-0.25, -0.2) is 0 Å². The first kappa shape index (κ1) is 13.9. The highest BCUT2D eigenvalue weighted by atomic mass is 32.2. The van der Waals surface area contributed by atoms with Gasteiger partial charge in [0, 0.05) is 22.8 Å². The Labute approximate surface area is 112 Å². The second kappa shape index (κ2) is 5.64. The summed E-state index contributed by atoms with van der Waals surface area (Å²) in [7, 11) is 0. The maximum absolute atomic E-state index is 12.3. The van der Waals surface area contributed by atoms with Gasteiger partial charge in [0.05, 0.1) is 0 Å². The molecule has 1 aliphatic carbocycles. The van der Waals surface area contributed by atoms with E-state index >= 15 is 0 Å². The van der Waals surface area contributed by atoms with Crippen LogP contribution in [0.5, 0.6) is 0 Å². The van der Waals surface area contributed by atoms with Crippen LogP contribution in [0.15, 0.2) is 0 Å². The third kappa shape index (κ3) is 3.50. The lowest BCUT2D eigenvalue weighted by molar-refractivity contribution is -0.144. The minimum atomic E-state index is -4.45. The van der Waals surface area contributed by atoms with Gasteiger partial charge >= 0.3 is 6.18 Å². The number of thioether (sulfide) groups is 1. The molecule has 3 nitrogen and oxygen atoms in total. The molecule has 1 aliphatic rings. The molecule has 1 aromatic rings. The highest BCUT2D eigenvalue weighted by Crippen LogP contribution is 2.33. The summed E-state index contributed by atoms with van der Waals surface area (Å²) in [6.07, 6.45) is -1.37. The predicted octanol–water partition coefficient (Wildman–Crippen LogP) is 3.64. The first-order valence-electron chi connectivity index (χ1n) is 5.78. The van der Waals surface area contributed by atoms with Crippen molar-refractivity contribution in [2.45, 2.75) is 43.7 Å². The van der Waals surface area contributed by atoms with Crippen LogP contribution in [0.25, 0.3) is 0 Å². The average Bonchev–Trinajstić information content (AvgIpc) is 2.88. The molecular formula is C10H14F3N3S2. The molecule has 102 valence electrons. The predicted molar refractivity (Wildman–Crippen MR) is 68.1 cm³/mol. The van der Waals surface area contributed by atoms with Gasteiger partial charge in [-0.3, -0.25) is 0 Å². The van der Waals surface area contributed by atoms with Crippen LogP contribution in [0.2, 0.25) is 0 Å². The summed E-state index contributed by atoms with van der Waals surface area (Å²) >= 11 is 2.69. The van der Waals surface area contributed by atoms with Gasteiger partial charge in [-0.15, -0.1) is 0 Å². The van der Waals surface area contributed by atoms with Crippen LogP contribution >= 0.6 is 23.3 Å². The molecule has 0 aliphatic heterocycles. The fourth-order valence-corrected chi connectivity index (χ4v) is 3.84. The number of rotatable bonds is 4. The molecule has 0 radical (unpaired) electrons. The van der Waals surface area contributed by atoms with Gasteiger partial charge in [-0.1, -0.05) is 6.92 Å². The topological polar surface area (TPSA) is 37.8 Å². The Kier molecular flexibility index (Phi) is 4.37. The second-order valence-electron chi connectivity index (χ2n) is 4.15. The Bertz CT molecular complexity index is 394. The second-order valence-corrected chi connectivity index (χ2v) is 6.48. The summed E-state index contributed by atoms with van der Waals surface area (Å²) in [5, 5.41) is 3.94. The fourth-order valence-electron chi connectivity index (χ4n) is 2.03. The Morgan fingerprint density at radius 3 is 2.83 bits per heavy atom. The zero-order valence-electron chi connectivity index (χ0n) is 9.83. The van der Waals surface area contributed by atoms with Gasteiger partial charge in [0.2, 0.25) is 11.0 Å². The van der Waals surface area contributed by atoms with Gasteiger partial charge < -0.3 is 5.32 Å². The van der Waals surface area contributed by atoms with Crippen molar-refractivity contribution in [3.8, 4) is 0 Å². The minimum absolute atomic E-state index is 0.225. The number of hydrogen-bond acceptors (Lipinski definition) is 5. The molecular weight excluding hydrogens is 283 g/mol. The molecule has 2 rings (SSSR count). The van der Waals surface area contributed by atoms with Gasteiger partial charge in [-0.2, -0.15) is 34.3 Å². The van der Waals surface area contributed by atoms with E-state index in [0.29, 0.717) is 5.25 Å². The van der Waals surface area contributed by atoms with Crippen molar-refractivity contribution in [1.29, 1.82) is 0 Å². The van der Waals surface area contributed by atoms with E-state index in [1.165, 1.54) is 0 Å². The van der Waals surface area contributed by atoms with Crippen LogP contribution < -0.4 is 5.32 Å². The Hall–Kier alpha value is -0.500. The molecule has 1 N–H and O–H groups in total. The molecule has 0 aromatic carbocycles. The number of nitrogens with one attached hydrogen (secondary N) is 1. The van der Waals surface area contributed by atoms with Crippen molar-refractivity contribution in [3.63, 3.8) is 0 Å². The maximum Gasteiger partial charge on any atom is 0.452 e. The summed E-state index contributed by atoms with van der Waals surface area (Å²) < 4.78 is 40.3. The van der Waals surface area contributed by atoms with Crippen LogP contribution in [0.1, 0.15) is 32.0 Å². The quantitative estimate of drug-likeness (QED) is 0.920. The summed E-state index contributed by atoms with van der Waals surface area (Å²) in [4.78, 5) is 3.48. The molecule has 2 atom stereocenters. The van der Waals surface area contributed by atoms with Crippen LogP contribution in [-0.4, -0.2) is 26.4 Å². The number of nitrogens with zero attached hydrogens (tertiary/aromatic N) is 2. The molecule has 2 unspecified atom stereocenters. The Balaban J connectivity index is 1.89. The van der Waals surface area contributed by atoms with Crippen molar-refractivity contribution in [1.82, 2.24) is 9.36 Å². The number of alkyl halides is 3. The van der Waals surface area contributed by atoms with E-state index in [4.69, 9.17) is 0 Å². The molecule has 0 saturated heterocycles. The number of aromatic nitrogens is 2. The molecule has 1 aromatic heterocycles. The number of anilines is 1. The van der Waals surface area contributed by atoms with Crippen molar-refractivity contribution < 1.29 is 13.2 Å². The number of hydrogen-bond donors (Lipinski definition) is 1. The first-order valence-corrected chi connectivity index (χ1v) is 7.60. The lowest BCUT2D eigenvalue weighted by Crippen LogP contribution is -2.16. The fraction of sp³-hybridized carbons (Fsp3) is 0.800. The van der Waals surface area contributed by atoms with E-state index in [1.807, 2.05) is 11.8 Å². The third-order valence-corrected chi connectivity index (χ3v) is 4.67. The third-order valence-electron chi connectivity index (χ3n) is 2.79. The SMILES string of the molecule is CCSC1CCC(Nc2nc(C(F)(F)F)ns2)C1. The van der Waals surface area contributed by atoms with Crippen LogP contribution in [0, 0.1) is 0 Å². The maximum atomic E-state index is 12.3. The summed E-state index contributed by atoms with van der Waals surface area (Å²) in [5.41, 5.74) is 0. The molecule has 1 fully saturated rings. The molecule has 0 bridgehead atoms. The van der Waals surface area contributed by atoms with Gasteiger partial charge in [0.1, 0.15) is 0 Å². The van der Waals surface area contributed by atoms with E-state index in [0.717, 1.165) is 36.5 Å². The zero-order valence-corrected chi connectivity index (χ0v) is 11.5. The normalized spacial score (nSPS) is 24.4. The summed E-state index contributed by atoms with van der Waals surface area (Å²) in [5.74, 6) is 0.0292. The Morgan fingerprint density at radius 2 is 2.22 bits per heavy atom. The highest BCUT2D eigenvalue weighted by Gasteiger charge is 2.36.